The van der Waals surface area contributed by atoms with Crippen LogP contribution < -0.4 is 5.32 Å². The molecule has 0 amide bonds. The van der Waals surface area contributed by atoms with E-state index in [1.807, 2.05) is 42.8 Å². The van der Waals surface area contributed by atoms with Crippen LogP contribution in [0.25, 0.3) is 0 Å². The summed E-state index contributed by atoms with van der Waals surface area (Å²) < 4.78 is 8.10. The Bertz CT molecular complexity index is 1010. The predicted octanol–water partition coefficient (Wildman–Crippen LogP) is 3.94. The highest BCUT2D eigenvalue weighted by molar-refractivity contribution is 5.57. The number of nitrogens with one attached hydrogen (secondary N) is 1. The molecule has 1 fully saturated rings. The Morgan fingerprint density at radius 1 is 1.13 bits per heavy atom. The lowest BCUT2D eigenvalue weighted by Gasteiger charge is -2.32. The second kappa shape index (κ2) is 8.93. The maximum absolute atomic E-state index is 6.10. The highest BCUT2D eigenvalue weighted by atomic mass is 16.5. The zero-order valence-electron chi connectivity index (χ0n) is 18.2. The average Bonchev–Trinajstić information content (AvgIpc) is 3.07. The molecule has 3 aromatic heterocycles. The van der Waals surface area contributed by atoms with Gasteiger partial charge >= 0.3 is 0 Å². The summed E-state index contributed by atoms with van der Waals surface area (Å²) in [5, 5.41) is 7.97. The van der Waals surface area contributed by atoms with E-state index in [-0.39, 0.29) is 6.10 Å². The zero-order valence-corrected chi connectivity index (χ0v) is 18.2. The van der Waals surface area contributed by atoms with Crippen LogP contribution in [0, 0.1) is 20.8 Å². The van der Waals surface area contributed by atoms with Gasteiger partial charge in [-0.15, -0.1) is 0 Å². The van der Waals surface area contributed by atoms with Gasteiger partial charge in [0, 0.05) is 55.0 Å². The number of aryl methyl sites for hydroxylation is 4. The van der Waals surface area contributed by atoms with Crippen LogP contribution in [-0.2, 0) is 17.8 Å². The number of anilines is 2. The highest BCUT2D eigenvalue weighted by Crippen LogP contribution is 2.26. The van der Waals surface area contributed by atoms with Gasteiger partial charge in [0.2, 0.25) is 0 Å². The number of pyridine rings is 2. The van der Waals surface area contributed by atoms with Crippen molar-refractivity contribution in [3.63, 3.8) is 0 Å². The predicted molar refractivity (Wildman–Crippen MR) is 118 cm³/mol. The SMILES string of the molecule is CCn1cc(CN2CCO[C@@H](c3cc(Nc4cccc(C)n4)cc(C)n3)C2)c(C)n1. The molecule has 0 unspecified atom stereocenters. The van der Waals surface area contributed by atoms with Gasteiger partial charge in [0.15, 0.2) is 0 Å². The quantitative estimate of drug-likeness (QED) is 0.669. The standard InChI is InChI=1S/C23H30N6O/c1-5-29-14-19(18(4)27-29)13-28-9-10-30-22(15-28)21-12-20(11-17(3)24-21)26-23-8-6-7-16(2)25-23/h6-8,11-12,14,22H,5,9-10,13,15H2,1-4H3,(H,24,25,26)/t22-/m1/s1. The molecule has 0 aliphatic carbocycles. The lowest BCUT2D eigenvalue weighted by molar-refractivity contribution is -0.0350. The third-order valence-electron chi connectivity index (χ3n) is 5.38. The van der Waals surface area contributed by atoms with E-state index in [2.05, 4.69) is 46.4 Å². The van der Waals surface area contributed by atoms with Crippen molar-refractivity contribution in [3.05, 3.63) is 64.9 Å². The molecule has 30 heavy (non-hydrogen) atoms. The summed E-state index contributed by atoms with van der Waals surface area (Å²) in [7, 11) is 0. The fourth-order valence-corrected chi connectivity index (χ4v) is 3.83. The maximum atomic E-state index is 6.10. The van der Waals surface area contributed by atoms with Gasteiger partial charge in [-0.2, -0.15) is 5.10 Å². The molecule has 158 valence electrons. The minimum atomic E-state index is -0.0498. The number of hydrogen-bond acceptors (Lipinski definition) is 6. The van der Waals surface area contributed by atoms with Crippen molar-refractivity contribution in [2.75, 3.05) is 25.0 Å². The number of rotatable bonds is 6. The monoisotopic (exact) mass is 406 g/mol. The summed E-state index contributed by atoms with van der Waals surface area (Å²) in [5.74, 6) is 0.834. The lowest BCUT2D eigenvalue weighted by Crippen LogP contribution is -2.38. The first kappa shape index (κ1) is 20.5. The molecule has 0 spiro atoms. The number of hydrogen-bond donors (Lipinski definition) is 1. The summed E-state index contributed by atoms with van der Waals surface area (Å²) in [6, 6.07) is 10.1. The molecule has 3 aromatic rings. The maximum Gasteiger partial charge on any atom is 0.130 e. The second-order valence-electron chi connectivity index (χ2n) is 7.90. The number of ether oxygens (including phenoxy) is 1. The van der Waals surface area contributed by atoms with E-state index in [0.29, 0.717) is 6.61 Å². The highest BCUT2D eigenvalue weighted by Gasteiger charge is 2.24. The molecule has 1 aliphatic heterocycles. The first-order valence-corrected chi connectivity index (χ1v) is 10.6. The molecule has 7 nitrogen and oxygen atoms in total. The number of aromatic nitrogens is 4. The van der Waals surface area contributed by atoms with Crippen molar-refractivity contribution in [1.82, 2.24) is 24.6 Å². The molecule has 0 bridgehead atoms. The van der Waals surface area contributed by atoms with Gasteiger partial charge in [0.05, 0.1) is 18.0 Å². The summed E-state index contributed by atoms with van der Waals surface area (Å²) >= 11 is 0. The van der Waals surface area contributed by atoms with Crippen LogP contribution in [0.1, 0.15) is 41.4 Å². The van der Waals surface area contributed by atoms with E-state index in [0.717, 1.165) is 60.5 Å². The van der Waals surface area contributed by atoms with Crippen molar-refractivity contribution in [3.8, 4) is 0 Å². The smallest absolute Gasteiger partial charge is 0.130 e. The Morgan fingerprint density at radius 2 is 2.00 bits per heavy atom. The lowest BCUT2D eigenvalue weighted by atomic mass is 10.1. The normalized spacial score (nSPS) is 17.3. The summed E-state index contributed by atoms with van der Waals surface area (Å²) in [6.07, 6.45) is 2.10. The Hall–Kier alpha value is -2.77. The third-order valence-corrected chi connectivity index (χ3v) is 5.38. The minimum Gasteiger partial charge on any atom is -0.369 e. The van der Waals surface area contributed by atoms with E-state index in [1.54, 1.807) is 0 Å². The Kier molecular flexibility index (Phi) is 6.11. The Balaban J connectivity index is 1.48. The molecule has 7 heteroatoms. The molecule has 1 saturated heterocycles. The largest absolute Gasteiger partial charge is 0.369 e. The molecule has 1 N–H and O–H groups in total. The van der Waals surface area contributed by atoms with Gasteiger partial charge in [-0.3, -0.25) is 14.6 Å². The Morgan fingerprint density at radius 3 is 2.77 bits per heavy atom. The molecule has 0 saturated carbocycles. The van der Waals surface area contributed by atoms with Crippen molar-refractivity contribution >= 4 is 11.5 Å². The number of morpholine rings is 1. The van der Waals surface area contributed by atoms with Crippen LogP contribution in [0.5, 0.6) is 0 Å². The summed E-state index contributed by atoms with van der Waals surface area (Å²) in [6.45, 7) is 12.4. The van der Waals surface area contributed by atoms with Gasteiger partial charge in [0.1, 0.15) is 11.9 Å². The van der Waals surface area contributed by atoms with Crippen LogP contribution in [0.4, 0.5) is 11.5 Å². The summed E-state index contributed by atoms with van der Waals surface area (Å²) in [5.41, 5.74) is 6.27. The molecule has 4 heterocycles. The minimum absolute atomic E-state index is 0.0498. The third kappa shape index (κ3) is 4.86. The molecular weight excluding hydrogens is 376 g/mol. The average molecular weight is 407 g/mol. The first-order valence-electron chi connectivity index (χ1n) is 10.6. The zero-order chi connectivity index (χ0) is 21.1. The second-order valence-corrected chi connectivity index (χ2v) is 7.90. The van der Waals surface area contributed by atoms with Crippen LogP contribution in [-0.4, -0.2) is 44.3 Å². The molecule has 0 radical (unpaired) electrons. The van der Waals surface area contributed by atoms with Crippen molar-refractivity contribution in [2.24, 2.45) is 0 Å². The van der Waals surface area contributed by atoms with E-state index in [1.165, 1.54) is 5.56 Å². The van der Waals surface area contributed by atoms with Gasteiger partial charge in [-0.05, 0) is 52.0 Å². The van der Waals surface area contributed by atoms with Gasteiger partial charge < -0.3 is 10.1 Å². The molecule has 1 atom stereocenters. The van der Waals surface area contributed by atoms with E-state index >= 15 is 0 Å². The van der Waals surface area contributed by atoms with Gasteiger partial charge in [0.25, 0.3) is 0 Å². The van der Waals surface area contributed by atoms with Gasteiger partial charge in [-0.1, -0.05) is 6.07 Å². The molecule has 0 aromatic carbocycles. The van der Waals surface area contributed by atoms with E-state index < -0.39 is 0 Å². The van der Waals surface area contributed by atoms with E-state index in [4.69, 9.17) is 9.72 Å². The Labute approximate surface area is 178 Å². The van der Waals surface area contributed by atoms with Crippen LogP contribution in [0.2, 0.25) is 0 Å². The van der Waals surface area contributed by atoms with Crippen molar-refractivity contribution < 1.29 is 4.74 Å². The number of nitrogens with zero attached hydrogens (tertiary/aromatic N) is 5. The van der Waals surface area contributed by atoms with Crippen molar-refractivity contribution in [2.45, 2.75) is 46.9 Å². The first-order chi connectivity index (χ1) is 14.5. The molecule has 4 rings (SSSR count). The van der Waals surface area contributed by atoms with Crippen LogP contribution in [0.3, 0.4) is 0 Å². The summed E-state index contributed by atoms with van der Waals surface area (Å²) in [4.78, 5) is 11.7. The fourth-order valence-electron chi connectivity index (χ4n) is 3.83. The molecular formula is C23H30N6O. The van der Waals surface area contributed by atoms with Crippen molar-refractivity contribution in [1.29, 1.82) is 0 Å². The van der Waals surface area contributed by atoms with Crippen LogP contribution >= 0.6 is 0 Å². The topological polar surface area (TPSA) is 68.1 Å². The van der Waals surface area contributed by atoms with Gasteiger partial charge in [-0.25, -0.2) is 4.98 Å². The fraction of sp³-hybridized carbons (Fsp3) is 0.435. The van der Waals surface area contributed by atoms with Crippen LogP contribution in [0.15, 0.2) is 36.5 Å². The molecule has 1 aliphatic rings. The van der Waals surface area contributed by atoms with E-state index in [9.17, 15) is 0 Å².